The molecule has 1 fully saturated rings. The molecular formula is C15H22F2N2. The van der Waals surface area contributed by atoms with Crippen LogP contribution < -0.4 is 5.32 Å². The van der Waals surface area contributed by atoms with Crippen molar-refractivity contribution in [3.63, 3.8) is 0 Å². The smallest absolute Gasteiger partial charge is 0.130 e. The molecule has 1 aliphatic heterocycles. The summed E-state index contributed by atoms with van der Waals surface area (Å²) in [6.07, 6.45) is 3.70. The molecule has 1 aromatic carbocycles. The highest BCUT2D eigenvalue weighted by molar-refractivity contribution is 5.21. The van der Waals surface area contributed by atoms with Crippen LogP contribution in [0, 0.1) is 11.6 Å². The standard InChI is InChI=1S/C15H22F2N2/c1-11(14-7-6-12(16)9-15(14)17)18-10-13-5-3-4-8-19(13)2/h6-7,9,11,13,18H,3-5,8,10H2,1-2H3. The van der Waals surface area contributed by atoms with Crippen molar-refractivity contribution in [2.45, 2.75) is 38.3 Å². The van der Waals surface area contributed by atoms with E-state index in [2.05, 4.69) is 17.3 Å². The van der Waals surface area contributed by atoms with E-state index in [-0.39, 0.29) is 6.04 Å². The molecule has 2 atom stereocenters. The van der Waals surface area contributed by atoms with Gasteiger partial charge in [-0.05, 0) is 39.4 Å². The summed E-state index contributed by atoms with van der Waals surface area (Å²) >= 11 is 0. The van der Waals surface area contributed by atoms with Crippen LogP contribution in [-0.2, 0) is 0 Å². The zero-order valence-corrected chi connectivity index (χ0v) is 11.6. The molecule has 0 aromatic heterocycles. The zero-order chi connectivity index (χ0) is 13.8. The van der Waals surface area contributed by atoms with E-state index in [0.29, 0.717) is 11.6 Å². The average Bonchev–Trinajstić information content (AvgIpc) is 2.37. The van der Waals surface area contributed by atoms with Gasteiger partial charge in [-0.15, -0.1) is 0 Å². The number of likely N-dealkylation sites (tertiary alicyclic amines) is 1. The number of halogens is 2. The highest BCUT2D eigenvalue weighted by Gasteiger charge is 2.20. The van der Waals surface area contributed by atoms with Gasteiger partial charge in [0.25, 0.3) is 0 Å². The van der Waals surface area contributed by atoms with Gasteiger partial charge in [0.1, 0.15) is 11.6 Å². The molecular weight excluding hydrogens is 246 g/mol. The van der Waals surface area contributed by atoms with E-state index in [1.807, 2.05) is 6.92 Å². The Hall–Kier alpha value is -1.00. The van der Waals surface area contributed by atoms with Crippen molar-refractivity contribution >= 4 is 0 Å². The van der Waals surface area contributed by atoms with Gasteiger partial charge in [0.05, 0.1) is 0 Å². The molecule has 19 heavy (non-hydrogen) atoms. The maximum absolute atomic E-state index is 13.7. The van der Waals surface area contributed by atoms with Crippen molar-refractivity contribution in [2.24, 2.45) is 0 Å². The van der Waals surface area contributed by atoms with E-state index in [1.54, 1.807) is 0 Å². The van der Waals surface area contributed by atoms with E-state index in [4.69, 9.17) is 0 Å². The fourth-order valence-electron chi connectivity index (χ4n) is 2.68. The maximum atomic E-state index is 13.7. The lowest BCUT2D eigenvalue weighted by molar-refractivity contribution is 0.178. The van der Waals surface area contributed by atoms with Gasteiger partial charge in [-0.1, -0.05) is 12.5 Å². The summed E-state index contributed by atoms with van der Waals surface area (Å²) in [4.78, 5) is 2.35. The van der Waals surface area contributed by atoms with Gasteiger partial charge in [0, 0.05) is 30.3 Å². The molecule has 0 saturated carbocycles. The summed E-state index contributed by atoms with van der Waals surface area (Å²) in [5.74, 6) is -1.00. The summed E-state index contributed by atoms with van der Waals surface area (Å²) in [5.41, 5.74) is 0.528. The lowest BCUT2D eigenvalue weighted by atomic mass is 10.0. The van der Waals surface area contributed by atoms with Crippen LogP contribution in [0.4, 0.5) is 8.78 Å². The normalized spacial score (nSPS) is 22.4. The van der Waals surface area contributed by atoms with Gasteiger partial charge < -0.3 is 10.2 Å². The minimum absolute atomic E-state index is 0.101. The molecule has 2 nitrogen and oxygen atoms in total. The Kier molecular flexibility index (Phi) is 4.88. The summed E-state index contributed by atoms with van der Waals surface area (Å²) < 4.78 is 26.5. The van der Waals surface area contributed by atoms with Crippen LogP contribution in [-0.4, -0.2) is 31.1 Å². The van der Waals surface area contributed by atoms with Crippen LogP contribution in [0.3, 0.4) is 0 Å². The van der Waals surface area contributed by atoms with Crippen LogP contribution in [0.1, 0.15) is 37.8 Å². The summed E-state index contributed by atoms with van der Waals surface area (Å²) in [5, 5.41) is 3.36. The molecule has 0 bridgehead atoms. The lowest BCUT2D eigenvalue weighted by Crippen LogP contribution is -2.43. The second-order valence-electron chi connectivity index (χ2n) is 5.43. The van der Waals surface area contributed by atoms with E-state index >= 15 is 0 Å². The number of rotatable bonds is 4. The third-order valence-corrected chi connectivity index (χ3v) is 4.01. The predicted octanol–water partition coefficient (Wildman–Crippen LogP) is 3.10. The van der Waals surface area contributed by atoms with Gasteiger partial charge in [-0.25, -0.2) is 8.78 Å². The molecule has 0 aliphatic carbocycles. The van der Waals surface area contributed by atoms with E-state index < -0.39 is 11.6 Å². The first-order chi connectivity index (χ1) is 9.08. The van der Waals surface area contributed by atoms with Gasteiger partial charge in [0.2, 0.25) is 0 Å². The fraction of sp³-hybridized carbons (Fsp3) is 0.600. The number of hydrogen-bond acceptors (Lipinski definition) is 2. The minimum atomic E-state index is -0.527. The van der Waals surface area contributed by atoms with E-state index in [1.165, 1.54) is 31.4 Å². The number of piperidine rings is 1. The van der Waals surface area contributed by atoms with Crippen LogP contribution in [0.25, 0.3) is 0 Å². The maximum Gasteiger partial charge on any atom is 0.130 e. The van der Waals surface area contributed by atoms with Crippen LogP contribution in [0.5, 0.6) is 0 Å². The predicted molar refractivity (Wildman–Crippen MR) is 73.0 cm³/mol. The number of hydrogen-bond donors (Lipinski definition) is 1. The second-order valence-corrected chi connectivity index (χ2v) is 5.43. The Morgan fingerprint density at radius 1 is 1.37 bits per heavy atom. The Morgan fingerprint density at radius 3 is 2.84 bits per heavy atom. The molecule has 106 valence electrons. The van der Waals surface area contributed by atoms with Crippen molar-refractivity contribution < 1.29 is 8.78 Å². The molecule has 2 unspecified atom stereocenters. The molecule has 1 N–H and O–H groups in total. The Morgan fingerprint density at radius 2 is 2.16 bits per heavy atom. The molecule has 0 amide bonds. The minimum Gasteiger partial charge on any atom is -0.309 e. The topological polar surface area (TPSA) is 15.3 Å². The summed E-state index contributed by atoms with van der Waals surface area (Å²) in [6, 6.07) is 4.19. The van der Waals surface area contributed by atoms with E-state index in [9.17, 15) is 8.78 Å². The van der Waals surface area contributed by atoms with Crippen molar-refractivity contribution in [1.82, 2.24) is 10.2 Å². The Balaban J connectivity index is 1.91. The molecule has 2 rings (SSSR count). The Labute approximate surface area is 113 Å². The van der Waals surface area contributed by atoms with Gasteiger partial charge in [-0.2, -0.15) is 0 Å². The van der Waals surface area contributed by atoms with Gasteiger partial charge >= 0.3 is 0 Å². The molecule has 0 radical (unpaired) electrons. The highest BCUT2D eigenvalue weighted by Crippen LogP contribution is 2.19. The first-order valence-electron chi connectivity index (χ1n) is 6.96. The Bertz CT molecular complexity index is 423. The van der Waals surface area contributed by atoms with Crippen molar-refractivity contribution in [3.05, 3.63) is 35.4 Å². The molecule has 4 heteroatoms. The molecule has 1 aromatic rings. The number of nitrogens with zero attached hydrogens (tertiary/aromatic N) is 1. The first kappa shape index (κ1) is 14.4. The number of benzene rings is 1. The van der Waals surface area contributed by atoms with E-state index in [0.717, 1.165) is 19.2 Å². The first-order valence-corrected chi connectivity index (χ1v) is 6.96. The summed E-state index contributed by atoms with van der Waals surface area (Å²) in [7, 11) is 2.13. The molecule has 0 spiro atoms. The second kappa shape index (κ2) is 6.44. The summed E-state index contributed by atoms with van der Waals surface area (Å²) in [6.45, 7) is 3.89. The number of nitrogens with one attached hydrogen (secondary N) is 1. The quantitative estimate of drug-likeness (QED) is 0.902. The average molecular weight is 268 g/mol. The van der Waals surface area contributed by atoms with Crippen LogP contribution in [0.15, 0.2) is 18.2 Å². The number of likely N-dealkylation sites (N-methyl/N-ethyl adjacent to an activating group) is 1. The lowest BCUT2D eigenvalue weighted by Gasteiger charge is -2.33. The third kappa shape index (κ3) is 3.74. The van der Waals surface area contributed by atoms with Crippen molar-refractivity contribution in [1.29, 1.82) is 0 Å². The fourth-order valence-corrected chi connectivity index (χ4v) is 2.68. The van der Waals surface area contributed by atoms with Crippen LogP contribution >= 0.6 is 0 Å². The van der Waals surface area contributed by atoms with Gasteiger partial charge in [-0.3, -0.25) is 0 Å². The van der Waals surface area contributed by atoms with Crippen molar-refractivity contribution in [2.75, 3.05) is 20.1 Å². The monoisotopic (exact) mass is 268 g/mol. The van der Waals surface area contributed by atoms with Gasteiger partial charge in [0.15, 0.2) is 0 Å². The molecule has 1 aliphatic rings. The third-order valence-electron chi connectivity index (χ3n) is 4.01. The molecule has 1 saturated heterocycles. The van der Waals surface area contributed by atoms with Crippen molar-refractivity contribution in [3.8, 4) is 0 Å². The largest absolute Gasteiger partial charge is 0.309 e. The van der Waals surface area contributed by atoms with Crippen LogP contribution in [0.2, 0.25) is 0 Å². The zero-order valence-electron chi connectivity index (χ0n) is 11.6. The molecule has 1 heterocycles. The SMILES string of the molecule is CC(NCC1CCCCN1C)c1ccc(F)cc1F. The highest BCUT2D eigenvalue weighted by atomic mass is 19.1.